The molecule has 3 fully saturated rings. The number of aliphatic carboxylic acids is 1. The van der Waals surface area contributed by atoms with Crippen LogP contribution in [0.4, 0.5) is 0 Å². The zero-order valence-electron chi connectivity index (χ0n) is 14.8. The third-order valence-corrected chi connectivity index (χ3v) is 7.16. The fourth-order valence-corrected chi connectivity index (χ4v) is 5.25. The van der Waals surface area contributed by atoms with Crippen molar-refractivity contribution >= 4 is 17.3 Å². The van der Waals surface area contributed by atoms with Crippen molar-refractivity contribution in [2.45, 2.75) is 75.9 Å². The van der Waals surface area contributed by atoms with Gasteiger partial charge in [0.2, 0.25) is 0 Å². The number of rotatable bonds is 9. The van der Waals surface area contributed by atoms with Crippen molar-refractivity contribution in [1.29, 1.82) is 0 Å². The van der Waals surface area contributed by atoms with Crippen LogP contribution in [0.15, 0.2) is 6.20 Å². The average molecular weight is 364 g/mol. The lowest BCUT2D eigenvalue weighted by Crippen LogP contribution is -2.54. The van der Waals surface area contributed by atoms with Gasteiger partial charge in [-0.05, 0) is 44.4 Å². The van der Waals surface area contributed by atoms with E-state index in [1.165, 1.54) is 48.4 Å². The van der Waals surface area contributed by atoms with Crippen molar-refractivity contribution in [2.75, 3.05) is 13.1 Å². The molecule has 0 atom stereocenters. The predicted molar refractivity (Wildman–Crippen MR) is 98.9 cm³/mol. The molecule has 0 aromatic carbocycles. The Balaban J connectivity index is 1.20. The Bertz CT molecular complexity index is 589. The normalized spacial score (nSPS) is 26.9. The first-order valence-corrected chi connectivity index (χ1v) is 10.6. The predicted octanol–water partition coefficient (Wildman–Crippen LogP) is 3.22. The number of hydrogen-bond acceptors (Lipinski definition) is 5. The van der Waals surface area contributed by atoms with Gasteiger partial charge in [0.05, 0.1) is 11.6 Å². The molecule has 25 heavy (non-hydrogen) atoms. The molecule has 3 saturated carbocycles. The number of nitrogens with one attached hydrogen (secondary N) is 1. The Labute approximate surface area is 153 Å². The SMILES string of the molecule is O=C(O)CN(CC1CC1)C1CC(NCc2cnc(C3CCCC3)s2)C1. The highest BCUT2D eigenvalue weighted by Crippen LogP contribution is 2.36. The van der Waals surface area contributed by atoms with Gasteiger partial charge >= 0.3 is 5.97 Å². The quantitative estimate of drug-likeness (QED) is 0.705. The topological polar surface area (TPSA) is 65.5 Å². The van der Waals surface area contributed by atoms with Crippen LogP contribution in [-0.2, 0) is 11.3 Å². The molecular formula is C19H29N3O2S. The minimum absolute atomic E-state index is 0.202. The summed E-state index contributed by atoms with van der Waals surface area (Å²) in [6.45, 7) is 2.08. The molecule has 0 aliphatic heterocycles. The maximum absolute atomic E-state index is 11.1. The van der Waals surface area contributed by atoms with Gasteiger partial charge in [-0.2, -0.15) is 0 Å². The first-order valence-electron chi connectivity index (χ1n) is 9.81. The molecule has 3 aliphatic carbocycles. The Hall–Kier alpha value is -0.980. The van der Waals surface area contributed by atoms with Gasteiger partial charge in [-0.15, -0.1) is 11.3 Å². The number of thiazole rings is 1. The van der Waals surface area contributed by atoms with Gasteiger partial charge in [0.25, 0.3) is 0 Å². The van der Waals surface area contributed by atoms with Crippen LogP contribution in [0, 0.1) is 5.92 Å². The molecule has 0 radical (unpaired) electrons. The van der Waals surface area contributed by atoms with Crippen LogP contribution in [0.1, 0.15) is 67.2 Å². The van der Waals surface area contributed by atoms with Crippen molar-refractivity contribution in [1.82, 2.24) is 15.2 Å². The van der Waals surface area contributed by atoms with E-state index in [0.717, 1.165) is 31.8 Å². The Morgan fingerprint density at radius 2 is 2.04 bits per heavy atom. The Kier molecular flexibility index (Phi) is 5.39. The van der Waals surface area contributed by atoms with Gasteiger partial charge in [0, 0.05) is 42.2 Å². The standard InChI is InChI=1S/C19H29N3O2S/c23-18(24)12-22(11-13-5-6-13)16-7-15(8-16)20-9-17-10-21-19(25-17)14-3-1-2-4-14/h10,13-16,20H,1-9,11-12H2,(H,23,24). The van der Waals surface area contributed by atoms with Crippen LogP contribution in [-0.4, -0.2) is 46.1 Å². The summed E-state index contributed by atoms with van der Waals surface area (Å²) in [5.74, 6) is 0.762. The second kappa shape index (κ2) is 7.72. The van der Waals surface area contributed by atoms with E-state index in [-0.39, 0.29) is 6.54 Å². The number of aromatic nitrogens is 1. The fourth-order valence-electron chi connectivity index (χ4n) is 4.21. The first-order chi connectivity index (χ1) is 12.2. The summed E-state index contributed by atoms with van der Waals surface area (Å²) in [6, 6.07) is 0.974. The van der Waals surface area contributed by atoms with Gasteiger partial charge in [0.1, 0.15) is 0 Å². The third-order valence-electron chi connectivity index (χ3n) is 6.00. The van der Waals surface area contributed by atoms with Gasteiger partial charge in [-0.1, -0.05) is 12.8 Å². The summed E-state index contributed by atoms with van der Waals surface area (Å²) < 4.78 is 0. The van der Waals surface area contributed by atoms with Gasteiger partial charge < -0.3 is 10.4 Å². The van der Waals surface area contributed by atoms with E-state index in [9.17, 15) is 4.79 Å². The maximum atomic E-state index is 11.1. The zero-order chi connectivity index (χ0) is 17.2. The van der Waals surface area contributed by atoms with Crippen molar-refractivity contribution in [3.63, 3.8) is 0 Å². The average Bonchev–Trinajstić information content (AvgIpc) is 3.01. The van der Waals surface area contributed by atoms with Crippen molar-refractivity contribution in [2.24, 2.45) is 5.92 Å². The fraction of sp³-hybridized carbons (Fsp3) is 0.789. The van der Waals surface area contributed by atoms with E-state index in [1.54, 1.807) is 0 Å². The molecule has 5 nitrogen and oxygen atoms in total. The molecular weight excluding hydrogens is 334 g/mol. The Morgan fingerprint density at radius 3 is 2.72 bits per heavy atom. The molecule has 1 heterocycles. The lowest BCUT2D eigenvalue weighted by molar-refractivity contribution is -0.139. The first kappa shape index (κ1) is 17.4. The van der Waals surface area contributed by atoms with Crippen LogP contribution in [0.2, 0.25) is 0 Å². The van der Waals surface area contributed by atoms with Crippen molar-refractivity contribution < 1.29 is 9.90 Å². The summed E-state index contributed by atoms with van der Waals surface area (Å²) in [5.41, 5.74) is 0. The van der Waals surface area contributed by atoms with Crippen molar-refractivity contribution in [3.8, 4) is 0 Å². The lowest BCUT2D eigenvalue weighted by atomic mass is 9.85. The minimum atomic E-state index is -0.693. The highest BCUT2D eigenvalue weighted by atomic mass is 32.1. The van der Waals surface area contributed by atoms with Crippen LogP contribution in [0.25, 0.3) is 0 Å². The second-order valence-corrected chi connectivity index (χ2v) is 9.26. The number of carbonyl (C=O) groups is 1. The molecule has 3 aliphatic rings. The summed E-state index contributed by atoms with van der Waals surface area (Å²) in [6.07, 6.45) is 12.1. The monoisotopic (exact) mass is 363 g/mol. The number of carboxylic acids is 1. The van der Waals surface area contributed by atoms with Crippen LogP contribution >= 0.6 is 11.3 Å². The summed E-state index contributed by atoms with van der Waals surface area (Å²) in [4.78, 5) is 19.3. The number of nitrogens with zero attached hydrogens (tertiary/aromatic N) is 2. The second-order valence-electron chi connectivity index (χ2n) is 8.12. The lowest BCUT2D eigenvalue weighted by Gasteiger charge is -2.43. The zero-order valence-corrected chi connectivity index (χ0v) is 15.6. The third kappa shape index (κ3) is 4.60. The van der Waals surface area contributed by atoms with E-state index in [2.05, 4.69) is 15.2 Å². The van der Waals surface area contributed by atoms with Crippen LogP contribution in [0.3, 0.4) is 0 Å². The maximum Gasteiger partial charge on any atom is 0.317 e. The summed E-state index contributed by atoms with van der Waals surface area (Å²) in [5, 5.41) is 14.1. The number of carboxylic acid groups (broad SMARTS) is 1. The van der Waals surface area contributed by atoms with E-state index in [0.29, 0.717) is 18.0 Å². The van der Waals surface area contributed by atoms with E-state index in [4.69, 9.17) is 5.11 Å². The van der Waals surface area contributed by atoms with Crippen LogP contribution < -0.4 is 5.32 Å². The molecule has 0 amide bonds. The van der Waals surface area contributed by atoms with Gasteiger partial charge in [-0.3, -0.25) is 9.69 Å². The van der Waals surface area contributed by atoms with E-state index >= 15 is 0 Å². The highest BCUT2D eigenvalue weighted by molar-refractivity contribution is 7.11. The van der Waals surface area contributed by atoms with Gasteiger partial charge in [-0.25, -0.2) is 4.98 Å². The molecule has 138 valence electrons. The molecule has 0 spiro atoms. The van der Waals surface area contributed by atoms with E-state index in [1.807, 2.05) is 17.5 Å². The largest absolute Gasteiger partial charge is 0.480 e. The molecule has 0 bridgehead atoms. The smallest absolute Gasteiger partial charge is 0.317 e. The van der Waals surface area contributed by atoms with E-state index < -0.39 is 5.97 Å². The van der Waals surface area contributed by atoms with Crippen LogP contribution in [0.5, 0.6) is 0 Å². The van der Waals surface area contributed by atoms with Gasteiger partial charge in [0.15, 0.2) is 0 Å². The number of hydrogen-bond donors (Lipinski definition) is 2. The summed E-state index contributed by atoms with van der Waals surface area (Å²) in [7, 11) is 0. The molecule has 0 unspecified atom stereocenters. The molecule has 1 aromatic rings. The Morgan fingerprint density at radius 1 is 1.28 bits per heavy atom. The minimum Gasteiger partial charge on any atom is -0.480 e. The molecule has 1 aromatic heterocycles. The molecule has 0 saturated heterocycles. The molecule has 6 heteroatoms. The molecule has 2 N–H and O–H groups in total. The van der Waals surface area contributed by atoms with Crippen molar-refractivity contribution in [3.05, 3.63) is 16.1 Å². The molecule has 4 rings (SSSR count). The summed E-state index contributed by atoms with van der Waals surface area (Å²) >= 11 is 1.88. The highest BCUT2D eigenvalue weighted by Gasteiger charge is 2.36.